The smallest absolute Gasteiger partial charge is 0.330 e. The number of amides is 1. The standard InChI is InChI=1S/C18H17NO3/c1-13-6-9-16(10-7-13)19-18(21)15-5-3-4-14(12-15)8-11-17(20)22-2/h3-12H,1-2H3,(H,19,21)/b11-8+. The molecule has 2 rings (SSSR count). The maximum Gasteiger partial charge on any atom is 0.330 e. The van der Waals surface area contributed by atoms with E-state index in [4.69, 9.17) is 0 Å². The highest BCUT2D eigenvalue weighted by atomic mass is 16.5. The van der Waals surface area contributed by atoms with E-state index in [1.54, 1.807) is 24.3 Å². The minimum atomic E-state index is -0.436. The van der Waals surface area contributed by atoms with Gasteiger partial charge >= 0.3 is 5.97 Å². The molecule has 0 spiro atoms. The summed E-state index contributed by atoms with van der Waals surface area (Å²) in [5, 5.41) is 2.83. The minimum Gasteiger partial charge on any atom is -0.466 e. The maximum atomic E-state index is 12.2. The van der Waals surface area contributed by atoms with Gasteiger partial charge in [0.15, 0.2) is 0 Å². The quantitative estimate of drug-likeness (QED) is 0.694. The van der Waals surface area contributed by atoms with Crippen LogP contribution >= 0.6 is 0 Å². The lowest BCUT2D eigenvalue weighted by molar-refractivity contribution is -0.134. The lowest BCUT2D eigenvalue weighted by Crippen LogP contribution is -2.11. The van der Waals surface area contributed by atoms with Crippen molar-refractivity contribution in [2.45, 2.75) is 6.92 Å². The van der Waals surface area contributed by atoms with Crippen LogP contribution in [0.15, 0.2) is 54.6 Å². The normalized spacial score (nSPS) is 10.5. The lowest BCUT2D eigenvalue weighted by Gasteiger charge is -2.06. The van der Waals surface area contributed by atoms with Gasteiger partial charge in [-0.15, -0.1) is 0 Å². The molecule has 4 heteroatoms. The van der Waals surface area contributed by atoms with Gasteiger partial charge in [-0.3, -0.25) is 4.79 Å². The van der Waals surface area contributed by atoms with E-state index in [0.29, 0.717) is 5.56 Å². The van der Waals surface area contributed by atoms with Crippen molar-refractivity contribution < 1.29 is 14.3 Å². The number of carbonyl (C=O) groups excluding carboxylic acids is 2. The number of benzene rings is 2. The zero-order chi connectivity index (χ0) is 15.9. The van der Waals surface area contributed by atoms with Gasteiger partial charge in [-0.1, -0.05) is 29.8 Å². The van der Waals surface area contributed by atoms with Gasteiger partial charge in [-0.2, -0.15) is 0 Å². The van der Waals surface area contributed by atoms with Gasteiger partial charge in [0.2, 0.25) is 0 Å². The Balaban J connectivity index is 2.11. The molecule has 0 aromatic heterocycles. The Kier molecular flexibility index (Phi) is 5.09. The number of hydrogen-bond acceptors (Lipinski definition) is 3. The molecule has 0 aliphatic carbocycles. The number of esters is 1. The Bertz CT molecular complexity index is 703. The first-order valence-electron chi connectivity index (χ1n) is 6.82. The Labute approximate surface area is 129 Å². The molecule has 2 aromatic rings. The summed E-state index contributed by atoms with van der Waals surface area (Å²) in [5.74, 6) is -0.633. The van der Waals surface area contributed by atoms with Crippen LogP contribution in [0.5, 0.6) is 0 Å². The number of rotatable bonds is 4. The number of nitrogens with one attached hydrogen (secondary N) is 1. The van der Waals surface area contributed by atoms with Crippen LogP contribution in [0.3, 0.4) is 0 Å². The van der Waals surface area contributed by atoms with E-state index >= 15 is 0 Å². The number of ether oxygens (including phenoxy) is 1. The third-order valence-corrected chi connectivity index (χ3v) is 3.07. The molecule has 0 saturated carbocycles. The number of aryl methyl sites for hydroxylation is 1. The molecule has 0 radical (unpaired) electrons. The summed E-state index contributed by atoms with van der Waals surface area (Å²) in [7, 11) is 1.32. The molecule has 0 saturated heterocycles. The van der Waals surface area contributed by atoms with Crippen LogP contribution < -0.4 is 5.32 Å². The van der Waals surface area contributed by atoms with Gasteiger partial charge in [0.1, 0.15) is 0 Å². The zero-order valence-electron chi connectivity index (χ0n) is 12.5. The second-order valence-electron chi connectivity index (χ2n) is 4.80. The van der Waals surface area contributed by atoms with Crippen molar-refractivity contribution in [1.29, 1.82) is 0 Å². The van der Waals surface area contributed by atoms with Gasteiger partial charge < -0.3 is 10.1 Å². The van der Waals surface area contributed by atoms with E-state index in [0.717, 1.165) is 16.8 Å². The number of hydrogen-bond donors (Lipinski definition) is 1. The highest BCUT2D eigenvalue weighted by molar-refractivity contribution is 6.04. The largest absolute Gasteiger partial charge is 0.466 e. The minimum absolute atomic E-state index is 0.197. The van der Waals surface area contributed by atoms with Gasteiger partial charge in [0.05, 0.1) is 7.11 Å². The molecule has 1 amide bonds. The molecule has 0 heterocycles. The van der Waals surface area contributed by atoms with Crippen molar-refractivity contribution in [2.75, 3.05) is 12.4 Å². The van der Waals surface area contributed by atoms with E-state index in [1.165, 1.54) is 13.2 Å². The Hall–Kier alpha value is -2.88. The first-order valence-corrected chi connectivity index (χ1v) is 6.82. The van der Waals surface area contributed by atoms with E-state index < -0.39 is 5.97 Å². The van der Waals surface area contributed by atoms with E-state index in [-0.39, 0.29) is 5.91 Å². The van der Waals surface area contributed by atoms with Crippen LogP contribution in [0.25, 0.3) is 6.08 Å². The van der Waals surface area contributed by atoms with Crippen LogP contribution in [0.1, 0.15) is 21.5 Å². The monoisotopic (exact) mass is 295 g/mol. The molecule has 0 fully saturated rings. The van der Waals surface area contributed by atoms with Crippen LogP contribution in [0.4, 0.5) is 5.69 Å². The third kappa shape index (κ3) is 4.31. The Morgan fingerprint density at radius 2 is 1.82 bits per heavy atom. The molecule has 4 nitrogen and oxygen atoms in total. The second kappa shape index (κ2) is 7.22. The molecule has 0 bridgehead atoms. The van der Waals surface area contributed by atoms with Crippen LogP contribution in [-0.2, 0) is 9.53 Å². The summed E-state index contributed by atoms with van der Waals surface area (Å²) in [4.78, 5) is 23.3. The molecular formula is C18H17NO3. The summed E-state index contributed by atoms with van der Waals surface area (Å²) in [5.41, 5.74) is 3.15. The van der Waals surface area contributed by atoms with Gasteiger partial charge in [0.25, 0.3) is 5.91 Å². The summed E-state index contributed by atoms with van der Waals surface area (Å²) in [6, 6.07) is 14.6. The molecule has 0 atom stereocenters. The highest BCUT2D eigenvalue weighted by Crippen LogP contribution is 2.12. The summed E-state index contributed by atoms with van der Waals surface area (Å²) >= 11 is 0. The van der Waals surface area contributed by atoms with Crippen LogP contribution in [0.2, 0.25) is 0 Å². The average molecular weight is 295 g/mol. The van der Waals surface area contributed by atoms with Gasteiger partial charge in [-0.05, 0) is 42.8 Å². The number of methoxy groups -OCH3 is 1. The Morgan fingerprint density at radius 3 is 2.50 bits per heavy atom. The van der Waals surface area contributed by atoms with Crippen molar-refractivity contribution >= 4 is 23.6 Å². The molecule has 0 aliphatic heterocycles. The fraction of sp³-hybridized carbons (Fsp3) is 0.111. The van der Waals surface area contributed by atoms with E-state index in [1.807, 2.05) is 37.3 Å². The molecular weight excluding hydrogens is 278 g/mol. The molecule has 0 aliphatic rings. The Morgan fingerprint density at radius 1 is 1.09 bits per heavy atom. The van der Waals surface area contributed by atoms with E-state index in [9.17, 15) is 9.59 Å². The maximum absolute atomic E-state index is 12.2. The predicted molar refractivity (Wildman–Crippen MR) is 86.6 cm³/mol. The summed E-state index contributed by atoms with van der Waals surface area (Å²) in [6.07, 6.45) is 2.92. The molecule has 0 unspecified atom stereocenters. The fourth-order valence-electron chi connectivity index (χ4n) is 1.86. The number of anilines is 1. The zero-order valence-corrected chi connectivity index (χ0v) is 12.5. The van der Waals surface area contributed by atoms with Crippen molar-refractivity contribution in [2.24, 2.45) is 0 Å². The van der Waals surface area contributed by atoms with Crippen LogP contribution in [-0.4, -0.2) is 19.0 Å². The second-order valence-corrected chi connectivity index (χ2v) is 4.80. The number of carbonyl (C=O) groups is 2. The van der Waals surface area contributed by atoms with Crippen LogP contribution in [0, 0.1) is 6.92 Å². The molecule has 22 heavy (non-hydrogen) atoms. The first kappa shape index (κ1) is 15.5. The third-order valence-electron chi connectivity index (χ3n) is 3.07. The van der Waals surface area contributed by atoms with E-state index in [2.05, 4.69) is 10.1 Å². The summed E-state index contributed by atoms with van der Waals surface area (Å²) < 4.78 is 4.53. The van der Waals surface area contributed by atoms with Gasteiger partial charge in [0, 0.05) is 17.3 Å². The average Bonchev–Trinajstić information content (AvgIpc) is 2.55. The lowest BCUT2D eigenvalue weighted by atomic mass is 10.1. The summed E-state index contributed by atoms with van der Waals surface area (Å²) in [6.45, 7) is 1.99. The SMILES string of the molecule is COC(=O)/C=C/c1cccc(C(=O)Nc2ccc(C)cc2)c1. The topological polar surface area (TPSA) is 55.4 Å². The molecule has 1 N–H and O–H groups in total. The molecule has 2 aromatic carbocycles. The first-order chi connectivity index (χ1) is 10.6. The van der Waals surface area contributed by atoms with Crippen molar-refractivity contribution in [3.05, 3.63) is 71.3 Å². The van der Waals surface area contributed by atoms with Gasteiger partial charge in [-0.25, -0.2) is 4.79 Å². The van der Waals surface area contributed by atoms with Crippen molar-refractivity contribution in [1.82, 2.24) is 0 Å². The van der Waals surface area contributed by atoms with Crippen molar-refractivity contribution in [3.63, 3.8) is 0 Å². The fourth-order valence-corrected chi connectivity index (χ4v) is 1.86. The highest BCUT2D eigenvalue weighted by Gasteiger charge is 2.06. The molecule has 112 valence electrons. The van der Waals surface area contributed by atoms with Crippen molar-refractivity contribution in [3.8, 4) is 0 Å². The predicted octanol–water partition coefficient (Wildman–Crippen LogP) is 3.43.